The summed E-state index contributed by atoms with van der Waals surface area (Å²) in [5.41, 5.74) is 3.06. The van der Waals surface area contributed by atoms with E-state index in [9.17, 15) is 10.1 Å². The van der Waals surface area contributed by atoms with Gasteiger partial charge in [-0.3, -0.25) is 9.78 Å². The van der Waals surface area contributed by atoms with Crippen molar-refractivity contribution in [1.29, 1.82) is 5.26 Å². The molecule has 0 atom stereocenters. The summed E-state index contributed by atoms with van der Waals surface area (Å²) in [5, 5.41) is 12.0. The highest BCUT2D eigenvalue weighted by molar-refractivity contribution is 7.13. The standard InChI is InChI=1S/C22H19N3OS/c1-22(2,3)17-9-7-15(8-10-17)20(26)16(13-23)12-18-14-27-21(25-18)19-6-4-5-11-24-19/h4-12,14H,1-3H3/b16-12+. The number of rotatable bonds is 4. The van der Waals surface area contributed by atoms with E-state index in [1.165, 1.54) is 17.4 Å². The van der Waals surface area contributed by atoms with Gasteiger partial charge in [-0.1, -0.05) is 51.1 Å². The second kappa shape index (κ2) is 7.65. The Morgan fingerprint density at radius 2 is 1.89 bits per heavy atom. The maximum Gasteiger partial charge on any atom is 0.203 e. The van der Waals surface area contributed by atoms with E-state index in [1.807, 2.05) is 41.8 Å². The summed E-state index contributed by atoms with van der Waals surface area (Å²) in [6, 6.07) is 15.0. The van der Waals surface area contributed by atoms with Gasteiger partial charge >= 0.3 is 0 Å². The molecule has 0 bridgehead atoms. The van der Waals surface area contributed by atoms with Gasteiger partial charge in [-0.05, 0) is 29.2 Å². The summed E-state index contributed by atoms with van der Waals surface area (Å²) in [6.45, 7) is 6.35. The SMILES string of the molecule is CC(C)(C)c1ccc(C(=O)/C(C#N)=C/c2csc(-c3ccccn3)n2)cc1. The third kappa shape index (κ3) is 4.36. The van der Waals surface area contributed by atoms with Crippen LogP contribution < -0.4 is 0 Å². The minimum atomic E-state index is -0.301. The van der Waals surface area contributed by atoms with E-state index < -0.39 is 0 Å². The van der Waals surface area contributed by atoms with Crippen LogP contribution in [0.2, 0.25) is 0 Å². The van der Waals surface area contributed by atoms with Gasteiger partial charge in [0.25, 0.3) is 0 Å². The van der Waals surface area contributed by atoms with Crippen molar-refractivity contribution in [2.24, 2.45) is 0 Å². The summed E-state index contributed by atoms with van der Waals surface area (Å²) < 4.78 is 0. The van der Waals surface area contributed by atoms with Crippen LogP contribution in [0.5, 0.6) is 0 Å². The molecule has 3 aromatic rings. The summed E-state index contributed by atoms with van der Waals surface area (Å²) in [7, 11) is 0. The second-order valence-corrected chi connectivity index (χ2v) is 7.98. The first-order valence-electron chi connectivity index (χ1n) is 8.52. The molecule has 27 heavy (non-hydrogen) atoms. The number of hydrogen-bond donors (Lipinski definition) is 0. The van der Waals surface area contributed by atoms with Gasteiger partial charge in [-0.25, -0.2) is 4.98 Å². The van der Waals surface area contributed by atoms with Crippen molar-refractivity contribution in [2.75, 3.05) is 0 Å². The number of thiazole rings is 1. The fourth-order valence-corrected chi connectivity index (χ4v) is 3.29. The molecule has 2 aromatic heterocycles. The van der Waals surface area contributed by atoms with Gasteiger partial charge in [0.2, 0.25) is 5.78 Å². The zero-order valence-corrected chi connectivity index (χ0v) is 16.2. The van der Waals surface area contributed by atoms with Crippen LogP contribution in [0.4, 0.5) is 0 Å². The van der Waals surface area contributed by atoms with Gasteiger partial charge < -0.3 is 0 Å². The fraction of sp³-hybridized carbons (Fsp3) is 0.182. The first-order chi connectivity index (χ1) is 12.9. The molecule has 0 N–H and O–H groups in total. The maximum absolute atomic E-state index is 12.7. The van der Waals surface area contributed by atoms with Gasteiger partial charge in [-0.15, -0.1) is 11.3 Å². The van der Waals surface area contributed by atoms with Crippen molar-refractivity contribution in [3.05, 3.63) is 76.4 Å². The Hall–Kier alpha value is -3.10. The van der Waals surface area contributed by atoms with E-state index in [0.717, 1.165) is 16.3 Å². The highest BCUT2D eigenvalue weighted by Gasteiger charge is 2.17. The van der Waals surface area contributed by atoms with E-state index in [-0.39, 0.29) is 16.8 Å². The number of nitrogens with zero attached hydrogens (tertiary/aromatic N) is 3. The summed E-state index contributed by atoms with van der Waals surface area (Å²) in [4.78, 5) is 21.4. The summed E-state index contributed by atoms with van der Waals surface area (Å²) >= 11 is 1.43. The molecule has 2 heterocycles. The van der Waals surface area contributed by atoms with Gasteiger partial charge in [-0.2, -0.15) is 5.26 Å². The number of Topliss-reactive ketones (excluding diaryl/α,β-unsaturated/α-hetero) is 1. The molecule has 0 saturated heterocycles. The number of nitriles is 1. The molecule has 3 rings (SSSR count). The van der Waals surface area contributed by atoms with Gasteiger partial charge in [0.05, 0.1) is 11.4 Å². The van der Waals surface area contributed by atoms with E-state index >= 15 is 0 Å². The Kier molecular flexibility index (Phi) is 5.29. The van der Waals surface area contributed by atoms with Crippen LogP contribution in [0, 0.1) is 11.3 Å². The van der Waals surface area contributed by atoms with Crippen molar-refractivity contribution in [1.82, 2.24) is 9.97 Å². The number of pyridine rings is 1. The first kappa shape index (κ1) is 18.7. The Bertz CT molecular complexity index is 1020. The van der Waals surface area contributed by atoms with Crippen LogP contribution in [0.3, 0.4) is 0 Å². The molecular formula is C22H19N3OS. The number of allylic oxidation sites excluding steroid dienone is 1. The first-order valence-corrected chi connectivity index (χ1v) is 9.40. The van der Waals surface area contributed by atoms with Crippen LogP contribution in [-0.4, -0.2) is 15.8 Å². The lowest BCUT2D eigenvalue weighted by molar-refractivity contribution is 0.104. The van der Waals surface area contributed by atoms with Crippen molar-refractivity contribution in [3.63, 3.8) is 0 Å². The lowest BCUT2D eigenvalue weighted by Gasteiger charge is -2.18. The van der Waals surface area contributed by atoms with Crippen molar-refractivity contribution in [2.45, 2.75) is 26.2 Å². The average molecular weight is 373 g/mol. The van der Waals surface area contributed by atoms with Crippen LogP contribution >= 0.6 is 11.3 Å². The molecule has 0 aliphatic rings. The molecule has 1 aromatic carbocycles. The topological polar surface area (TPSA) is 66.6 Å². The lowest BCUT2D eigenvalue weighted by atomic mass is 9.86. The number of carbonyl (C=O) groups excluding carboxylic acids is 1. The van der Waals surface area contributed by atoms with E-state index in [0.29, 0.717) is 11.3 Å². The normalized spacial score (nSPS) is 11.9. The zero-order valence-electron chi connectivity index (χ0n) is 15.4. The zero-order chi connectivity index (χ0) is 19.4. The minimum Gasteiger partial charge on any atom is -0.288 e. The molecule has 0 aliphatic heterocycles. The lowest BCUT2D eigenvalue weighted by Crippen LogP contribution is -2.11. The van der Waals surface area contributed by atoms with E-state index in [1.54, 1.807) is 18.3 Å². The van der Waals surface area contributed by atoms with Crippen LogP contribution in [-0.2, 0) is 5.41 Å². The molecule has 0 radical (unpaired) electrons. The van der Waals surface area contributed by atoms with Gasteiger partial charge in [0.1, 0.15) is 16.6 Å². The molecular weight excluding hydrogens is 354 g/mol. The smallest absolute Gasteiger partial charge is 0.203 e. The highest BCUT2D eigenvalue weighted by atomic mass is 32.1. The second-order valence-electron chi connectivity index (χ2n) is 7.12. The molecule has 0 aliphatic carbocycles. The Labute approximate surface area is 162 Å². The summed E-state index contributed by atoms with van der Waals surface area (Å²) in [6.07, 6.45) is 3.24. The average Bonchev–Trinajstić information content (AvgIpc) is 3.14. The van der Waals surface area contributed by atoms with E-state index in [4.69, 9.17) is 0 Å². The number of ketones is 1. The highest BCUT2D eigenvalue weighted by Crippen LogP contribution is 2.25. The number of hydrogen-bond acceptors (Lipinski definition) is 5. The van der Waals surface area contributed by atoms with E-state index in [2.05, 4.69) is 30.7 Å². The molecule has 0 saturated carbocycles. The Balaban J connectivity index is 1.85. The third-order valence-electron chi connectivity index (χ3n) is 4.08. The number of aromatic nitrogens is 2. The van der Waals surface area contributed by atoms with Crippen LogP contribution in [0.15, 0.2) is 59.6 Å². The van der Waals surface area contributed by atoms with Crippen molar-refractivity contribution >= 4 is 23.2 Å². The quantitative estimate of drug-likeness (QED) is 0.354. The van der Waals surface area contributed by atoms with Gasteiger partial charge in [0, 0.05) is 17.1 Å². The van der Waals surface area contributed by atoms with Crippen molar-refractivity contribution < 1.29 is 4.79 Å². The largest absolute Gasteiger partial charge is 0.288 e. The Morgan fingerprint density at radius 3 is 2.48 bits per heavy atom. The molecule has 0 spiro atoms. The molecule has 0 amide bonds. The number of benzene rings is 1. The molecule has 5 heteroatoms. The molecule has 134 valence electrons. The molecule has 0 fully saturated rings. The van der Waals surface area contributed by atoms with Crippen LogP contribution in [0.1, 0.15) is 42.4 Å². The summed E-state index contributed by atoms with van der Waals surface area (Å²) in [5.74, 6) is -0.301. The minimum absolute atomic E-state index is 0.0119. The molecule has 0 unspecified atom stereocenters. The van der Waals surface area contributed by atoms with Crippen molar-refractivity contribution in [3.8, 4) is 16.8 Å². The fourth-order valence-electron chi connectivity index (χ4n) is 2.53. The maximum atomic E-state index is 12.7. The number of carbonyl (C=O) groups is 1. The monoisotopic (exact) mass is 373 g/mol. The predicted molar refractivity (Wildman–Crippen MR) is 108 cm³/mol. The molecule has 4 nitrogen and oxygen atoms in total. The third-order valence-corrected chi connectivity index (χ3v) is 4.96. The van der Waals surface area contributed by atoms with Crippen LogP contribution in [0.25, 0.3) is 16.8 Å². The van der Waals surface area contributed by atoms with Gasteiger partial charge in [0.15, 0.2) is 0 Å². The Morgan fingerprint density at radius 1 is 1.15 bits per heavy atom. The predicted octanol–water partition coefficient (Wildman–Crippen LogP) is 5.29.